The second-order valence-corrected chi connectivity index (χ2v) is 7.93. The molecule has 3 heterocycles. The lowest BCUT2D eigenvalue weighted by molar-refractivity contribution is 0.0938. The van der Waals surface area contributed by atoms with Crippen molar-refractivity contribution in [3.63, 3.8) is 0 Å². The summed E-state index contributed by atoms with van der Waals surface area (Å²) in [6, 6.07) is 0. The van der Waals surface area contributed by atoms with Crippen molar-refractivity contribution in [1.82, 2.24) is 24.9 Å². The third-order valence-electron chi connectivity index (χ3n) is 4.95. The van der Waals surface area contributed by atoms with E-state index < -0.39 is 0 Å². The number of ether oxygens (including phenoxy) is 1. The summed E-state index contributed by atoms with van der Waals surface area (Å²) in [5, 5.41) is 8.35. The van der Waals surface area contributed by atoms with Crippen LogP contribution in [0.25, 0.3) is 15.9 Å². The van der Waals surface area contributed by atoms with Gasteiger partial charge in [-0.15, -0.1) is 16.4 Å². The van der Waals surface area contributed by atoms with Gasteiger partial charge in [0.05, 0.1) is 5.39 Å². The zero-order chi connectivity index (χ0) is 18.3. The Morgan fingerprint density at radius 2 is 2.27 bits per heavy atom. The van der Waals surface area contributed by atoms with Crippen molar-refractivity contribution >= 4 is 33.1 Å². The van der Waals surface area contributed by atoms with Crippen LogP contribution in [0.3, 0.4) is 0 Å². The molecule has 0 aromatic carbocycles. The van der Waals surface area contributed by atoms with Gasteiger partial charge in [0.1, 0.15) is 10.7 Å². The summed E-state index contributed by atoms with van der Waals surface area (Å²) in [5.74, 6) is 1.19. The number of fused-ring (bicyclic) bond motifs is 5. The molecule has 3 aromatic heterocycles. The predicted molar refractivity (Wildman–Crippen MR) is 101 cm³/mol. The maximum absolute atomic E-state index is 12.4. The van der Waals surface area contributed by atoms with E-state index in [1.165, 1.54) is 23.3 Å². The number of rotatable bonds is 5. The number of carbonyl (C=O) groups excluding carboxylic acids is 1. The number of thiophene rings is 1. The molecular weight excluding hydrogens is 350 g/mol. The molecule has 1 aliphatic rings. The van der Waals surface area contributed by atoms with Crippen molar-refractivity contribution < 1.29 is 9.53 Å². The monoisotopic (exact) mass is 373 g/mol. The van der Waals surface area contributed by atoms with Gasteiger partial charge in [0.2, 0.25) is 5.82 Å². The first kappa shape index (κ1) is 17.4. The molecule has 1 N–H and O–H groups in total. The van der Waals surface area contributed by atoms with E-state index >= 15 is 0 Å². The maximum atomic E-state index is 12.4. The quantitative estimate of drug-likeness (QED) is 0.696. The van der Waals surface area contributed by atoms with E-state index in [-0.39, 0.29) is 11.7 Å². The van der Waals surface area contributed by atoms with Crippen molar-refractivity contribution in [2.75, 3.05) is 20.3 Å². The van der Waals surface area contributed by atoms with E-state index in [1.54, 1.807) is 23.0 Å². The molecule has 0 bridgehead atoms. The van der Waals surface area contributed by atoms with Crippen LogP contribution >= 0.6 is 11.3 Å². The van der Waals surface area contributed by atoms with Crippen molar-refractivity contribution in [2.45, 2.75) is 45.4 Å². The highest BCUT2D eigenvalue weighted by Crippen LogP contribution is 2.42. The molecule has 1 amide bonds. The number of methoxy groups -OCH3 is 1. The average molecular weight is 373 g/mol. The smallest absolute Gasteiger partial charge is 0.290 e. The van der Waals surface area contributed by atoms with Crippen molar-refractivity contribution in [2.24, 2.45) is 0 Å². The standard InChI is InChI=1S/C18H23N5O2S/c1-10-6-4-7-12-13(10)14-16-21-15(17(24)19-8-5-9-25-3)22-23(16)11(2)20-18(14)26-12/h10H,4-9H2,1-3H3,(H,19,24). The summed E-state index contributed by atoms with van der Waals surface area (Å²) >= 11 is 1.76. The molecule has 0 saturated heterocycles. The lowest BCUT2D eigenvalue weighted by Gasteiger charge is -2.18. The Hall–Kier alpha value is -2.06. The van der Waals surface area contributed by atoms with Crippen LogP contribution < -0.4 is 5.32 Å². The Morgan fingerprint density at radius 1 is 1.42 bits per heavy atom. The summed E-state index contributed by atoms with van der Waals surface area (Å²) in [4.78, 5) is 24.1. The summed E-state index contributed by atoms with van der Waals surface area (Å²) < 4.78 is 6.71. The van der Waals surface area contributed by atoms with Crippen molar-refractivity contribution in [1.29, 1.82) is 0 Å². The molecule has 26 heavy (non-hydrogen) atoms. The highest BCUT2D eigenvalue weighted by Gasteiger charge is 2.26. The van der Waals surface area contributed by atoms with E-state index in [2.05, 4.69) is 22.3 Å². The summed E-state index contributed by atoms with van der Waals surface area (Å²) in [5.41, 5.74) is 2.11. The molecule has 1 atom stereocenters. The van der Waals surface area contributed by atoms with Gasteiger partial charge in [-0.2, -0.15) is 4.52 Å². The van der Waals surface area contributed by atoms with Crippen LogP contribution in [0.1, 0.15) is 59.0 Å². The minimum Gasteiger partial charge on any atom is -0.385 e. The Morgan fingerprint density at radius 3 is 3.08 bits per heavy atom. The van der Waals surface area contributed by atoms with Gasteiger partial charge in [0, 0.05) is 25.1 Å². The Bertz CT molecular complexity index is 977. The van der Waals surface area contributed by atoms with Crippen LogP contribution in [0.4, 0.5) is 0 Å². The van der Waals surface area contributed by atoms with Gasteiger partial charge in [-0.1, -0.05) is 6.92 Å². The Kier molecular flexibility index (Phi) is 4.62. The molecule has 138 valence electrons. The number of hydrogen-bond acceptors (Lipinski definition) is 6. The number of aromatic nitrogens is 4. The predicted octanol–water partition coefficient (Wildman–Crippen LogP) is 2.85. The first-order valence-electron chi connectivity index (χ1n) is 9.06. The van der Waals surface area contributed by atoms with Gasteiger partial charge in [0.15, 0.2) is 5.65 Å². The lowest BCUT2D eigenvalue weighted by atomic mass is 9.87. The normalized spacial score (nSPS) is 17.0. The third kappa shape index (κ3) is 2.87. The van der Waals surface area contributed by atoms with Gasteiger partial charge in [-0.25, -0.2) is 9.97 Å². The number of amides is 1. The molecule has 1 aliphatic carbocycles. The van der Waals surface area contributed by atoms with E-state index in [1.807, 2.05) is 6.92 Å². The van der Waals surface area contributed by atoms with Gasteiger partial charge < -0.3 is 10.1 Å². The van der Waals surface area contributed by atoms with Crippen LogP contribution in [-0.4, -0.2) is 45.8 Å². The van der Waals surface area contributed by atoms with E-state index in [0.717, 1.165) is 34.5 Å². The van der Waals surface area contributed by atoms with Crippen LogP contribution in [0.15, 0.2) is 0 Å². The second-order valence-electron chi connectivity index (χ2n) is 6.84. The molecule has 8 heteroatoms. The Balaban J connectivity index is 1.77. The fourth-order valence-electron chi connectivity index (χ4n) is 3.68. The molecular formula is C18H23N5O2S. The zero-order valence-corrected chi connectivity index (χ0v) is 16.2. The fourth-order valence-corrected chi connectivity index (χ4v) is 5.05. The van der Waals surface area contributed by atoms with Crippen LogP contribution in [0.5, 0.6) is 0 Å². The number of carbonyl (C=O) groups is 1. The summed E-state index contributed by atoms with van der Waals surface area (Å²) in [6.45, 7) is 5.32. The van der Waals surface area contributed by atoms with Gasteiger partial charge in [-0.3, -0.25) is 4.79 Å². The molecule has 0 aliphatic heterocycles. The fraction of sp³-hybridized carbons (Fsp3) is 0.556. The first-order chi connectivity index (χ1) is 12.6. The van der Waals surface area contributed by atoms with Crippen LogP contribution in [-0.2, 0) is 11.2 Å². The largest absolute Gasteiger partial charge is 0.385 e. The lowest BCUT2D eigenvalue weighted by Crippen LogP contribution is -2.26. The number of aryl methyl sites for hydroxylation is 2. The van der Waals surface area contributed by atoms with Crippen molar-refractivity contribution in [3.8, 4) is 0 Å². The third-order valence-corrected chi connectivity index (χ3v) is 6.11. The minimum absolute atomic E-state index is 0.197. The van der Waals surface area contributed by atoms with Crippen molar-refractivity contribution in [3.05, 3.63) is 22.1 Å². The highest BCUT2D eigenvalue weighted by molar-refractivity contribution is 7.19. The maximum Gasteiger partial charge on any atom is 0.290 e. The first-order valence-corrected chi connectivity index (χ1v) is 9.87. The number of hydrogen-bond donors (Lipinski definition) is 1. The van der Waals surface area contributed by atoms with Gasteiger partial charge >= 0.3 is 0 Å². The van der Waals surface area contributed by atoms with Gasteiger partial charge in [0.25, 0.3) is 5.91 Å². The second kappa shape index (κ2) is 6.92. The topological polar surface area (TPSA) is 81.4 Å². The van der Waals surface area contributed by atoms with Crippen LogP contribution in [0.2, 0.25) is 0 Å². The summed E-state index contributed by atoms with van der Waals surface area (Å²) in [6.07, 6.45) is 4.26. The highest BCUT2D eigenvalue weighted by atomic mass is 32.1. The zero-order valence-electron chi connectivity index (χ0n) is 15.3. The Labute approximate surface area is 155 Å². The van der Waals surface area contributed by atoms with E-state index in [9.17, 15) is 4.79 Å². The molecule has 3 aromatic rings. The molecule has 0 radical (unpaired) electrons. The van der Waals surface area contributed by atoms with Crippen LogP contribution in [0, 0.1) is 6.92 Å². The molecule has 0 spiro atoms. The average Bonchev–Trinajstić information content (AvgIpc) is 3.21. The minimum atomic E-state index is -0.255. The number of nitrogens with one attached hydrogen (secondary N) is 1. The molecule has 0 saturated carbocycles. The molecule has 7 nitrogen and oxygen atoms in total. The summed E-state index contributed by atoms with van der Waals surface area (Å²) in [7, 11) is 1.65. The molecule has 1 unspecified atom stereocenters. The SMILES string of the molecule is COCCCNC(=O)c1nc2c3c4c(sc3nc(C)n2n1)CCCC4C. The van der Waals surface area contributed by atoms with E-state index in [0.29, 0.717) is 19.1 Å². The molecule has 0 fully saturated rings. The van der Waals surface area contributed by atoms with Gasteiger partial charge in [-0.05, 0) is 44.1 Å². The van der Waals surface area contributed by atoms with E-state index in [4.69, 9.17) is 9.72 Å². The molecule has 4 rings (SSSR count). The number of nitrogens with zero attached hydrogens (tertiary/aromatic N) is 4.